The third kappa shape index (κ3) is 4.89. The Kier molecular flexibility index (Phi) is 6.98. The molecular formula is C26H25N5O4S. The van der Waals surface area contributed by atoms with Gasteiger partial charge in [-0.05, 0) is 67.1 Å². The molecule has 36 heavy (non-hydrogen) atoms. The van der Waals surface area contributed by atoms with Crippen LogP contribution in [0.3, 0.4) is 0 Å². The van der Waals surface area contributed by atoms with Crippen LogP contribution in [0.1, 0.15) is 12.5 Å². The number of azo groups is 2. The van der Waals surface area contributed by atoms with Crippen molar-refractivity contribution in [3.63, 3.8) is 0 Å². The molecule has 0 saturated heterocycles. The summed E-state index contributed by atoms with van der Waals surface area (Å²) in [7, 11) is -1.56. The van der Waals surface area contributed by atoms with Crippen LogP contribution in [0.25, 0.3) is 10.8 Å². The summed E-state index contributed by atoms with van der Waals surface area (Å²) < 4.78 is 24.3. The van der Waals surface area contributed by atoms with Crippen molar-refractivity contribution in [1.82, 2.24) is 0 Å². The molecule has 0 saturated carbocycles. The molecule has 0 fully saturated rings. The first-order chi connectivity index (χ1) is 17.2. The van der Waals surface area contributed by atoms with Gasteiger partial charge in [-0.25, -0.2) is 8.42 Å². The van der Waals surface area contributed by atoms with E-state index in [1.807, 2.05) is 0 Å². The second-order valence-corrected chi connectivity index (χ2v) is 10.3. The Balaban J connectivity index is 1.74. The smallest absolute Gasteiger partial charge is 0.178 e. The van der Waals surface area contributed by atoms with Gasteiger partial charge in [-0.3, -0.25) is 0 Å². The Bertz CT molecular complexity index is 1610. The van der Waals surface area contributed by atoms with Gasteiger partial charge in [0.2, 0.25) is 0 Å². The van der Waals surface area contributed by atoms with Crippen LogP contribution in [0, 0.1) is 6.92 Å². The zero-order valence-electron chi connectivity index (χ0n) is 20.0. The number of aryl methyl sites for hydroxylation is 1. The van der Waals surface area contributed by atoms with Gasteiger partial charge < -0.3 is 15.5 Å². The van der Waals surface area contributed by atoms with Crippen LogP contribution in [0.15, 0.2) is 92.1 Å². The Hall–Kier alpha value is -4.31. The highest BCUT2D eigenvalue weighted by Gasteiger charge is 2.15. The molecule has 10 heteroatoms. The predicted molar refractivity (Wildman–Crippen MR) is 141 cm³/mol. The Morgan fingerprint density at radius 1 is 0.806 bits per heavy atom. The molecule has 4 aromatic carbocycles. The summed E-state index contributed by atoms with van der Waals surface area (Å²) in [6.07, 6.45) is 0. The molecule has 9 nitrogen and oxygen atoms in total. The minimum absolute atomic E-state index is 0.0153. The van der Waals surface area contributed by atoms with Gasteiger partial charge in [0.25, 0.3) is 0 Å². The Morgan fingerprint density at radius 2 is 1.47 bits per heavy atom. The summed E-state index contributed by atoms with van der Waals surface area (Å²) in [5.41, 5.74) is 2.91. The van der Waals surface area contributed by atoms with Crippen LogP contribution in [-0.2, 0) is 9.84 Å². The number of aromatic hydroxyl groups is 2. The van der Waals surface area contributed by atoms with E-state index in [9.17, 15) is 18.6 Å². The second-order valence-electron chi connectivity index (χ2n) is 7.98. The molecule has 0 atom stereocenters. The summed E-state index contributed by atoms with van der Waals surface area (Å²) in [5, 5.41) is 41.9. The fraction of sp³-hybridized carbons (Fsp3) is 0.154. The van der Waals surface area contributed by atoms with Crippen LogP contribution < -0.4 is 5.32 Å². The summed E-state index contributed by atoms with van der Waals surface area (Å²) in [6, 6.07) is 18.1. The van der Waals surface area contributed by atoms with E-state index in [4.69, 9.17) is 0 Å². The molecule has 0 bridgehead atoms. The van der Waals surface area contributed by atoms with E-state index in [0.29, 0.717) is 33.4 Å². The number of phenolic OH excluding ortho intramolecular Hbond substituents is 2. The third-order valence-electron chi connectivity index (χ3n) is 5.70. The summed E-state index contributed by atoms with van der Waals surface area (Å²) >= 11 is 0. The van der Waals surface area contributed by atoms with E-state index < -0.39 is 9.84 Å². The van der Waals surface area contributed by atoms with Gasteiger partial charge in [-0.15, -0.1) is 15.3 Å². The van der Waals surface area contributed by atoms with Crippen molar-refractivity contribution in [2.75, 3.05) is 18.1 Å². The van der Waals surface area contributed by atoms with E-state index in [2.05, 4.69) is 25.8 Å². The van der Waals surface area contributed by atoms with Crippen molar-refractivity contribution in [1.29, 1.82) is 0 Å². The average molecular weight is 504 g/mol. The number of nitrogens with one attached hydrogen (secondary N) is 1. The average Bonchev–Trinajstić information content (AvgIpc) is 2.88. The molecule has 0 amide bonds. The highest BCUT2D eigenvalue weighted by molar-refractivity contribution is 7.91. The molecule has 0 aliphatic carbocycles. The lowest BCUT2D eigenvalue weighted by atomic mass is 10.1. The number of hydrogen-bond donors (Lipinski definition) is 3. The topological polar surface area (TPSA) is 136 Å². The summed E-state index contributed by atoms with van der Waals surface area (Å²) in [5.74, 6) is -0.0820. The van der Waals surface area contributed by atoms with Crippen LogP contribution in [0.4, 0.5) is 28.4 Å². The van der Waals surface area contributed by atoms with Crippen molar-refractivity contribution in [3.05, 3.63) is 72.3 Å². The molecule has 0 heterocycles. The molecular weight excluding hydrogens is 478 g/mol. The number of benzene rings is 4. The third-order valence-corrected chi connectivity index (χ3v) is 7.44. The van der Waals surface area contributed by atoms with Crippen molar-refractivity contribution in [2.24, 2.45) is 20.5 Å². The van der Waals surface area contributed by atoms with Crippen molar-refractivity contribution in [3.8, 4) is 11.5 Å². The van der Waals surface area contributed by atoms with Crippen LogP contribution in [0.2, 0.25) is 0 Å². The fourth-order valence-electron chi connectivity index (χ4n) is 3.61. The molecule has 4 aromatic rings. The first-order valence-electron chi connectivity index (χ1n) is 11.2. The number of phenols is 2. The SMILES string of the molecule is CCS(=O)(=O)c1ccc(N=Nc2c(NC)ccc3c(O)c(N=Nc4ccccc4O)ccc23)c(C)c1. The lowest BCUT2D eigenvalue weighted by Gasteiger charge is -2.11. The fourth-order valence-corrected chi connectivity index (χ4v) is 4.58. The molecule has 184 valence electrons. The maximum atomic E-state index is 12.2. The standard InChI is InChI=1S/C26H25N5O4S/c1-4-36(34,35)17-9-12-20(16(2)15-17)28-31-25-18-10-14-23(26(33)19(18)11-13-22(25)27-3)30-29-21-7-5-6-8-24(21)32/h5-15,27,32-33H,4H2,1-3H3. The van der Waals surface area contributed by atoms with Gasteiger partial charge in [0.05, 0.1) is 22.0 Å². The molecule has 3 N–H and O–H groups in total. The summed E-state index contributed by atoms with van der Waals surface area (Å²) in [4.78, 5) is 0.248. The number of para-hydroxylation sites is 1. The van der Waals surface area contributed by atoms with Gasteiger partial charge in [0, 0.05) is 17.8 Å². The van der Waals surface area contributed by atoms with Gasteiger partial charge in [-0.2, -0.15) is 5.11 Å². The maximum Gasteiger partial charge on any atom is 0.178 e. The quantitative estimate of drug-likeness (QED) is 0.229. The van der Waals surface area contributed by atoms with E-state index in [-0.39, 0.29) is 33.5 Å². The molecule has 4 rings (SSSR count). The number of anilines is 1. The largest absolute Gasteiger partial charge is 0.506 e. The minimum Gasteiger partial charge on any atom is -0.506 e. The van der Waals surface area contributed by atoms with E-state index >= 15 is 0 Å². The van der Waals surface area contributed by atoms with Crippen molar-refractivity contribution < 1.29 is 18.6 Å². The maximum absolute atomic E-state index is 12.2. The highest BCUT2D eigenvalue weighted by atomic mass is 32.2. The Morgan fingerprint density at radius 3 is 2.17 bits per heavy atom. The lowest BCUT2D eigenvalue weighted by Crippen LogP contribution is -2.03. The minimum atomic E-state index is -3.32. The zero-order chi connectivity index (χ0) is 25.9. The monoisotopic (exact) mass is 503 g/mol. The number of rotatable bonds is 7. The van der Waals surface area contributed by atoms with Gasteiger partial charge in [0.15, 0.2) is 15.6 Å². The molecule has 0 unspecified atom stereocenters. The highest BCUT2D eigenvalue weighted by Crippen LogP contribution is 2.43. The number of hydrogen-bond acceptors (Lipinski definition) is 9. The molecule has 0 radical (unpaired) electrons. The zero-order valence-corrected chi connectivity index (χ0v) is 20.8. The van der Waals surface area contributed by atoms with Crippen LogP contribution in [0.5, 0.6) is 11.5 Å². The molecule has 0 aliphatic rings. The van der Waals surface area contributed by atoms with E-state index in [0.717, 1.165) is 0 Å². The van der Waals surface area contributed by atoms with Crippen LogP contribution in [-0.4, -0.2) is 31.4 Å². The number of sulfone groups is 1. The van der Waals surface area contributed by atoms with Gasteiger partial charge in [-0.1, -0.05) is 19.1 Å². The molecule has 0 spiro atoms. The van der Waals surface area contributed by atoms with Crippen molar-refractivity contribution >= 4 is 49.0 Å². The predicted octanol–water partition coefficient (Wildman–Crippen LogP) is 7.23. The number of fused-ring (bicyclic) bond motifs is 1. The molecule has 0 aromatic heterocycles. The Labute approximate surface area is 208 Å². The van der Waals surface area contributed by atoms with Gasteiger partial charge in [0.1, 0.15) is 22.8 Å². The normalized spacial score (nSPS) is 12.1. The van der Waals surface area contributed by atoms with Crippen LogP contribution >= 0.6 is 0 Å². The first-order valence-corrected chi connectivity index (χ1v) is 12.8. The van der Waals surface area contributed by atoms with E-state index in [1.165, 1.54) is 12.1 Å². The van der Waals surface area contributed by atoms with E-state index in [1.54, 1.807) is 75.5 Å². The van der Waals surface area contributed by atoms with Crippen molar-refractivity contribution in [2.45, 2.75) is 18.7 Å². The summed E-state index contributed by atoms with van der Waals surface area (Å²) in [6.45, 7) is 3.38. The first kappa shape index (κ1) is 24.8. The van der Waals surface area contributed by atoms with Gasteiger partial charge >= 0.3 is 0 Å². The lowest BCUT2D eigenvalue weighted by molar-refractivity contribution is 0.475. The molecule has 0 aliphatic heterocycles. The number of nitrogens with zero attached hydrogens (tertiary/aromatic N) is 4. The second kappa shape index (κ2) is 10.1.